The molecule has 56 valence electrons. The lowest BCUT2D eigenvalue weighted by Crippen LogP contribution is -2.03. The molecule has 0 amide bonds. The Bertz CT molecular complexity index is 203. The predicted molar refractivity (Wildman–Crippen MR) is 44.4 cm³/mol. The molecule has 0 aromatic carbocycles. The van der Waals surface area contributed by atoms with Crippen molar-refractivity contribution in [2.75, 3.05) is 0 Å². The maximum absolute atomic E-state index is 9.05. The molecule has 1 heterocycles. The summed E-state index contributed by atoms with van der Waals surface area (Å²) in [5.41, 5.74) is 2.57. The van der Waals surface area contributed by atoms with Gasteiger partial charge in [0.05, 0.1) is 6.10 Å². The lowest BCUT2D eigenvalue weighted by molar-refractivity contribution is 0.195. The lowest BCUT2D eigenvalue weighted by Gasteiger charge is -2.01. The van der Waals surface area contributed by atoms with Crippen LogP contribution in [0.2, 0.25) is 0 Å². The van der Waals surface area contributed by atoms with Crippen molar-refractivity contribution in [2.45, 2.75) is 26.4 Å². The molecule has 1 atom stereocenters. The van der Waals surface area contributed by atoms with E-state index in [1.807, 2.05) is 6.92 Å². The fourth-order valence-corrected chi connectivity index (χ4v) is 1.78. The Balaban J connectivity index is 2.65. The van der Waals surface area contributed by atoms with Gasteiger partial charge in [0.15, 0.2) is 0 Å². The number of hydrogen-bond donors (Lipinski definition) is 1. The molecule has 1 nitrogen and oxygen atoms in total. The molecule has 0 saturated heterocycles. The highest BCUT2D eigenvalue weighted by molar-refractivity contribution is 7.08. The zero-order chi connectivity index (χ0) is 7.56. The van der Waals surface area contributed by atoms with E-state index in [4.69, 9.17) is 5.11 Å². The van der Waals surface area contributed by atoms with Crippen LogP contribution in [0.15, 0.2) is 10.8 Å². The van der Waals surface area contributed by atoms with Gasteiger partial charge >= 0.3 is 0 Å². The molecule has 1 aromatic rings. The first-order valence-electron chi connectivity index (χ1n) is 3.40. The van der Waals surface area contributed by atoms with Crippen LogP contribution in [0.4, 0.5) is 0 Å². The minimum atomic E-state index is -0.215. The van der Waals surface area contributed by atoms with E-state index in [-0.39, 0.29) is 6.10 Å². The highest BCUT2D eigenvalue weighted by Crippen LogP contribution is 2.15. The van der Waals surface area contributed by atoms with Crippen LogP contribution in [0.25, 0.3) is 0 Å². The van der Waals surface area contributed by atoms with Gasteiger partial charge in [-0.3, -0.25) is 0 Å². The van der Waals surface area contributed by atoms with Gasteiger partial charge in [-0.05, 0) is 42.2 Å². The van der Waals surface area contributed by atoms with E-state index in [1.54, 1.807) is 11.3 Å². The summed E-state index contributed by atoms with van der Waals surface area (Å²) in [5.74, 6) is 0. The topological polar surface area (TPSA) is 20.2 Å². The molecule has 0 bridgehead atoms. The van der Waals surface area contributed by atoms with E-state index in [1.165, 1.54) is 11.1 Å². The average molecular weight is 156 g/mol. The van der Waals surface area contributed by atoms with Gasteiger partial charge in [0.25, 0.3) is 0 Å². The molecular formula is C8H12OS. The van der Waals surface area contributed by atoms with E-state index < -0.39 is 0 Å². The normalized spacial score (nSPS) is 13.5. The molecule has 0 unspecified atom stereocenters. The molecule has 2 heteroatoms. The second-order valence-electron chi connectivity index (χ2n) is 2.63. The molecule has 0 radical (unpaired) electrons. The number of aryl methyl sites for hydroxylation is 1. The van der Waals surface area contributed by atoms with Crippen molar-refractivity contribution in [1.82, 2.24) is 0 Å². The number of thiophene rings is 1. The molecule has 0 saturated carbocycles. The van der Waals surface area contributed by atoms with Crippen LogP contribution in [0.5, 0.6) is 0 Å². The molecule has 1 N–H and O–H groups in total. The van der Waals surface area contributed by atoms with E-state index in [0.29, 0.717) is 0 Å². The Morgan fingerprint density at radius 1 is 1.60 bits per heavy atom. The maximum Gasteiger partial charge on any atom is 0.0552 e. The van der Waals surface area contributed by atoms with Crippen molar-refractivity contribution in [3.63, 3.8) is 0 Å². The second-order valence-corrected chi connectivity index (χ2v) is 3.38. The van der Waals surface area contributed by atoms with Crippen molar-refractivity contribution < 1.29 is 5.11 Å². The van der Waals surface area contributed by atoms with E-state index in [0.717, 1.165) is 6.42 Å². The number of aliphatic hydroxyl groups excluding tert-OH is 1. The number of rotatable bonds is 2. The van der Waals surface area contributed by atoms with Crippen molar-refractivity contribution >= 4 is 11.3 Å². The number of aliphatic hydroxyl groups is 1. The van der Waals surface area contributed by atoms with Gasteiger partial charge in [-0.25, -0.2) is 0 Å². The van der Waals surface area contributed by atoms with Crippen LogP contribution in [0.1, 0.15) is 18.1 Å². The van der Waals surface area contributed by atoms with Gasteiger partial charge in [-0.2, -0.15) is 11.3 Å². The largest absolute Gasteiger partial charge is 0.393 e. The molecule has 0 spiro atoms. The van der Waals surface area contributed by atoms with Crippen LogP contribution in [-0.4, -0.2) is 11.2 Å². The zero-order valence-electron chi connectivity index (χ0n) is 6.29. The summed E-state index contributed by atoms with van der Waals surface area (Å²) in [5, 5.41) is 13.3. The summed E-state index contributed by atoms with van der Waals surface area (Å²) >= 11 is 1.70. The third kappa shape index (κ3) is 1.82. The van der Waals surface area contributed by atoms with Gasteiger partial charge < -0.3 is 5.11 Å². The first-order chi connectivity index (χ1) is 4.70. The summed E-state index contributed by atoms with van der Waals surface area (Å²) in [6.07, 6.45) is 0.572. The molecule has 1 aromatic heterocycles. The van der Waals surface area contributed by atoms with Crippen molar-refractivity contribution in [1.29, 1.82) is 0 Å². The summed E-state index contributed by atoms with van der Waals surface area (Å²) in [6.45, 7) is 3.89. The van der Waals surface area contributed by atoms with Crippen LogP contribution >= 0.6 is 11.3 Å². The molecule has 0 aliphatic rings. The quantitative estimate of drug-likeness (QED) is 0.694. The van der Waals surface area contributed by atoms with Gasteiger partial charge in [0, 0.05) is 0 Å². The van der Waals surface area contributed by atoms with Gasteiger partial charge in [-0.1, -0.05) is 0 Å². The monoisotopic (exact) mass is 156 g/mol. The molecule has 0 fully saturated rings. The van der Waals surface area contributed by atoms with Crippen LogP contribution in [0.3, 0.4) is 0 Å². The van der Waals surface area contributed by atoms with Gasteiger partial charge in [0.1, 0.15) is 0 Å². The Morgan fingerprint density at radius 3 is 2.70 bits per heavy atom. The predicted octanol–water partition coefficient (Wildman–Crippen LogP) is 1.98. The fraction of sp³-hybridized carbons (Fsp3) is 0.500. The zero-order valence-corrected chi connectivity index (χ0v) is 7.11. The maximum atomic E-state index is 9.05. The fourth-order valence-electron chi connectivity index (χ4n) is 0.914. The molecular weight excluding hydrogens is 144 g/mol. The van der Waals surface area contributed by atoms with E-state index in [9.17, 15) is 0 Å². The Labute approximate surface area is 65.3 Å². The summed E-state index contributed by atoms with van der Waals surface area (Å²) in [6, 6.07) is 0. The first kappa shape index (κ1) is 7.76. The minimum absolute atomic E-state index is 0.215. The van der Waals surface area contributed by atoms with E-state index >= 15 is 0 Å². The SMILES string of the molecule is Cc1cscc1C[C@H](C)O. The molecule has 10 heavy (non-hydrogen) atoms. The van der Waals surface area contributed by atoms with Gasteiger partial charge in [0.2, 0.25) is 0 Å². The molecule has 0 aliphatic heterocycles. The summed E-state index contributed by atoms with van der Waals surface area (Å²) < 4.78 is 0. The van der Waals surface area contributed by atoms with Gasteiger partial charge in [-0.15, -0.1) is 0 Å². The highest BCUT2D eigenvalue weighted by atomic mass is 32.1. The van der Waals surface area contributed by atoms with Crippen LogP contribution in [0, 0.1) is 6.92 Å². The second kappa shape index (κ2) is 3.17. The number of hydrogen-bond acceptors (Lipinski definition) is 2. The first-order valence-corrected chi connectivity index (χ1v) is 4.34. The lowest BCUT2D eigenvalue weighted by atomic mass is 10.1. The van der Waals surface area contributed by atoms with E-state index in [2.05, 4.69) is 17.7 Å². The standard InChI is InChI=1S/C8H12OS/c1-6-4-10-5-8(6)3-7(2)9/h4-5,7,9H,3H2,1-2H3/t7-/m0/s1. The average Bonchev–Trinajstić information content (AvgIpc) is 2.15. The summed E-state index contributed by atoms with van der Waals surface area (Å²) in [7, 11) is 0. The van der Waals surface area contributed by atoms with Crippen molar-refractivity contribution in [3.8, 4) is 0 Å². The third-order valence-electron chi connectivity index (χ3n) is 1.48. The van der Waals surface area contributed by atoms with Crippen LogP contribution in [-0.2, 0) is 6.42 Å². The third-order valence-corrected chi connectivity index (χ3v) is 2.39. The Hall–Kier alpha value is -0.340. The smallest absolute Gasteiger partial charge is 0.0552 e. The Kier molecular flexibility index (Phi) is 2.46. The summed E-state index contributed by atoms with van der Waals surface area (Å²) in [4.78, 5) is 0. The van der Waals surface area contributed by atoms with Crippen LogP contribution < -0.4 is 0 Å². The highest BCUT2D eigenvalue weighted by Gasteiger charge is 2.01. The molecule has 0 aliphatic carbocycles. The Morgan fingerprint density at radius 2 is 2.30 bits per heavy atom. The van der Waals surface area contributed by atoms with Crippen molar-refractivity contribution in [3.05, 3.63) is 21.9 Å². The minimum Gasteiger partial charge on any atom is -0.393 e. The van der Waals surface area contributed by atoms with Crippen molar-refractivity contribution in [2.24, 2.45) is 0 Å². The molecule has 1 rings (SSSR count).